The Morgan fingerprint density at radius 3 is 2.83 bits per heavy atom. The molecule has 24 heavy (non-hydrogen) atoms. The summed E-state index contributed by atoms with van der Waals surface area (Å²) in [5.41, 5.74) is 2.39. The molecule has 1 aromatic heterocycles. The zero-order valence-corrected chi connectivity index (χ0v) is 12.9. The minimum atomic E-state index is -0.328. The Hall–Kier alpha value is -3.34. The largest absolute Gasteiger partial charge is 0.484 e. The second-order valence-corrected chi connectivity index (χ2v) is 4.99. The van der Waals surface area contributed by atoms with Gasteiger partial charge in [0, 0.05) is 6.21 Å². The number of furan rings is 1. The van der Waals surface area contributed by atoms with E-state index in [2.05, 4.69) is 10.5 Å². The van der Waals surface area contributed by atoms with Crippen molar-refractivity contribution in [2.24, 2.45) is 5.10 Å². The van der Waals surface area contributed by atoms with Crippen LogP contribution in [0.1, 0.15) is 5.76 Å². The van der Waals surface area contributed by atoms with Crippen molar-refractivity contribution in [1.82, 2.24) is 5.43 Å². The number of amides is 1. The number of carbonyl (C=O) groups is 1. The van der Waals surface area contributed by atoms with Crippen molar-refractivity contribution < 1.29 is 13.9 Å². The van der Waals surface area contributed by atoms with Gasteiger partial charge in [-0.2, -0.15) is 5.10 Å². The standard InChI is InChI=1S/C19H16N2O3/c22-19(21-20-11-3-7-17-8-4-12-23-17)14-24-18-10-9-15-5-1-2-6-16(15)13-18/h1-13H,14H2,(H,21,22)/b7-3+,20-11+. The van der Waals surface area contributed by atoms with E-state index in [0.717, 1.165) is 10.8 Å². The van der Waals surface area contributed by atoms with E-state index in [1.54, 1.807) is 24.5 Å². The first-order chi connectivity index (χ1) is 11.8. The topological polar surface area (TPSA) is 63.8 Å². The lowest BCUT2D eigenvalue weighted by Gasteiger charge is -2.06. The van der Waals surface area contributed by atoms with Crippen LogP contribution in [0.3, 0.4) is 0 Å². The highest BCUT2D eigenvalue weighted by Crippen LogP contribution is 2.20. The minimum absolute atomic E-state index is 0.0996. The van der Waals surface area contributed by atoms with Crippen LogP contribution in [0.5, 0.6) is 5.75 Å². The Bertz CT molecular complexity index is 867. The van der Waals surface area contributed by atoms with Gasteiger partial charge in [0.2, 0.25) is 0 Å². The van der Waals surface area contributed by atoms with Crippen molar-refractivity contribution >= 4 is 29.0 Å². The third-order valence-electron chi connectivity index (χ3n) is 3.24. The maximum absolute atomic E-state index is 11.7. The SMILES string of the molecule is O=C(COc1ccc2ccccc2c1)N/N=C/C=C/c1ccco1. The summed E-state index contributed by atoms with van der Waals surface area (Å²) in [6, 6.07) is 17.3. The molecule has 1 amide bonds. The van der Waals surface area contributed by atoms with Crippen LogP contribution in [-0.2, 0) is 4.79 Å². The molecule has 5 nitrogen and oxygen atoms in total. The van der Waals surface area contributed by atoms with Crippen LogP contribution in [0.2, 0.25) is 0 Å². The van der Waals surface area contributed by atoms with Gasteiger partial charge in [-0.1, -0.05) is 30.3 Å². The maximum atomic E-state index is 11.7. The molecule has 0 unspecified atom stereocenters. The highest BCUT2D eigenvalue weighted by Gasteiger charge is 2.02. The second-order valence-electron chi connectivity index (χ2n) is 4.99. The maximum Gasteiger partial charge on any atom is 0.277 e. The molecule has 2 aromatic carbocycles. The minimum Gasteiger partial charge on any atom is -0.484 e. The average molecular weight is 320 g/mol. The Balaban J connectivity index is 1.46. The summed E-state index contributed by atoms with van der Waals surface area (Å²) in [5, 5.41) is 5.99. The van der Waals surface area contributed by atoms with Crippen molar-refractivity contribution in [2.75, 3.05) is 6.61 Å². The number of nitrogens with zero attached hydrogens (tertiary/aromatic N) is 1. The predicted molar refractivity (Wildman–Crippen MR) is 93.8 cm³/mol. The first kappa shape index (κ1) is 15.6. The molecule has 0 aliphatic rings. The number of allylic oxidation sites excluding steroid dienone is 1. The van der Waals surface area contributed by atoms with Crippen LogP contribution in [0.4, 0.5) is 0 Å². The van der Waals surface area contributed by atoms with Crippen LogP contribution in [0, 0.1) is 0 Å². The number of nitrogens with one attached hydrogen (secondary N) is 1. The Kier molecular flexibility index (Phi) is 5.04. The van der Waals surface area contributed by atoms with Crippen molar-refractivity contribution in [3.63, 3.8) is 0 Å². The van der Waals surface area contributed by atoms with Crippen LogP contribution < -0.4 is 10.2 Å². The number of rotatable bonds is 6. The second kappa shape index (κ2) is 7.78. The number of hydrogen-bond acceptors (Lipinski definition) is 4. The monoisotopic (exact) mass is 320 g/mol. The number of carbonyl (C=O) groups excluding carboxylic acids is 1. The molecule has 0 aliphatic heterocycles. The van der Waals surface area contributed by atoms with E-state index < -0.39 is 0 Å². The lowest BCUT2D eigenvalue weighted by Crippen LogP contribution is -2.24. The van der Waals surface area contributed by atoms with Crippen molar-refractivity contribution in [2.45, 2.75) is 0 Å². The summed E-state index contributed by atoms with van der Waals surface area (Å²) in [6.45, 7) is -0.0996. The first-order valence-electron chi connectivity index (χ1n) is 7.45. The van der Waals surface area contributed by atoms with Crippen LogP contribution in [-0.4, -0.2) is 18.7 Å². The molecule has 120 valence electrons. The molecule has 0 bridgehead atoms. The van der Waals surface area contributed by atoms with Gasteiger partial charge in [0.05, 0.1) is 6.26 Å². The summed E-state index contributed by atoms with van der Waals surface area (Å²) < 4.78 is 10.6. The summed E-state index contributed by atoms with van der Waals surface area (Å²) in [5.74, 6) is 1.03. The molecule has 1 heterocycles. The smallest absolute Gasteiger partial charge is 0.277 e. The quantitative estimate of drug-likeness (QED) is 0.557. The summed E-state index contributed by atoms with van der Waals surface area (Å²) in [4.78, 5) is 11.7. The predicted octanol–water partition coefficient (Wildman–Crippen LogP) is 3.63. The fraction of sp³-hybridized carbons (Fsp3) is 0.0526. The fourth-order valence-electron chi connectivity index (χ4n) is 2.11. The summed E-state index contributed by atoms with van der Waals surface area (Å²) in [7, 11) is 0. The van der Waals surface area contributed by atoms with E-state index in [9.17, 15) is 4.79 Å². The molecule has 3 aromatic rings. The van der Waals surface area contributed by atoms with Crippen LogP contribution in [0.25, 0.3) is 16.8 Å². The Morgan fingerprint density at radius 2 is 2.00 bits per heavy atom. The van der Waals surface area contributed by atoms with Gasteiger partial charge in [-0.3, -0.25) is 4.79 Å². The number of ether oxygens (including phenoxy) is 1. The van der Waals surface area contributed by atoms with Gasteiger partial charge >= 0.3 is 0 Å². The zero-order chi connectivity index (χ0) is 16.6. The molecule has 5 heteroatoms. The third-order valence-corrected chi connectivity index (χ3v) is 3.24. The van der Waals surface area contributed by atoms with Gasteiger partial charge in [-0.15, -0.1) is 0 Å². The molecule has 0 saturated heterocycles. The van der Waals surface area contributed by atoms with E-state index in [4.69, 9.17) is 9.15 Å². The molecule has 0 atom stereocenters. The van der Waals surface area contributed by atoms with E-state index in [-0.39, 0.29) is 12.5 Å². The van der Waals surface area contributed by atoms with E-state index in [1.165, 1.54) is 6.21 Å². The van der Waals surface area contributed by atoms with Gasteiger partial charge < -0.3 is 9.15 Å². The zero-order valence-electron chi connectivity index (χ0n) is 12.9. The van der Waals surface area contributed by atoms with Crippen LogP contribution >= 0.6 is 0 Å². The molecule has 3 rings (SSSR count). The fourth-order valence-corrected chi connectivity index (χ4v) is 2.11. The highest BCUT2D eigenvalue weighted by atomic mass is 16.5. The molecule has 0 aliphatic carbocycles. The summed E-state index contributed by atoms with van der Waals surface area (Å²) in [6.07, 6.45) is 6.46. The molecular formula is C19H16N2O3. The highest BCUT2D eigenvalue weighted by molar-refractivity contribution is 5.84. The van der Waals surface area contributed by atoms with E-state index in [0.29, 0.717) is 11.5 Å². The summed E-state index contributed by atoms with van der Waals surface area (Å²) >= 11 is 0. The van der Waals surface area contributed by atoms with E-state index >= 15 is 0 Å². The first-order valence-corrected chi connectivity index (χ1v) is 7.45. The van der Waals surface area contributed by atoms with Crippen molar-refractivity contribution in [1.29, 1.82) is 0 Å². The number of benzene rings is 2. The number of hydrogen-bond donors (Lipinski definition) is 1. The van der Waals surface area contributed by atoms with Gasteiger partial charge in [-0.05, 0) is 47.2 Å². The Labute approximate surface area is 139 Å². The van der Waals surface area contributed by atoms with Crippen LogP contribution in [0.15, 0.2) is 76.5 Å². The lowest BCUT2D eigenvalue weighted by atomic mass is 10.1. The van der Waals surface area contributed by atoms with E-state index in [1.807, 2.05) is 48.5 Å². The van der Waals surface area contributed by atoms with Gasteiger partial charge in [-0.25, -0.2) is 5.43 Å². The van der Waals surface area contributed by atoms with Crippen molar-refractivity contribution in [3.8, 4) is 5.75 Å². The molecule has 0 saturated carbocycles. The third kappa shape index (κ3) is 4.33. The van der Waals surface area contributed by atoms with Gasteiger partial charge in [0.15, 0.2) is 6.61 Å². The van der Waals surface area contributed by atoms with Gasteiger partial charge in [0.1, 0.15) is 11.5 Å². The normalized spacial score (nSPS) is 11.3. The number of fused-ring (bicyclic) bond motifs is 1. The molecule has 0 radical (unpaired) electrons. The molecule has 0 spiro atoms. The van der Waals surface area contributed by atoms with Crippen molar-refractivity contribution in [3.05, 3.63) is 72.7 Å². The lowest BCUT2D eigenvalue weighted by molar-refractivity contribution is -0.123. The Morgan fingerprint density at radius 1 is 1.12 bits per heavy atom. The molecular weight excluding hydrogens is 304 g/mol. The average Bonchev–Trinajstić information content (AvgIpc) is 3.13. The molecule has 1 N–H and O–H groups in total. The molecule has 0 fully saturated rings. The number of hydrazone groups is 1. The van der Waals surface area contributed by atoms with Gasteiger partial charge in [0.25, 0.3) is 5.91 Å².